The van der Waals surface area contributed by atoms with Crippen molar-refractivity contribution in [3.8, 4) is 0 Å². The van der Waals surface area contributed by atoms with Gasteiger partial charge in [-0.05, 0) is 18.6 Å². The molecule has 2 heterocycles. The van der Waals surface area contributed by atoms with E-state index in [1.807, 2.05) is 13.0 Å². The van der Waals surface area contributed by atoms with Crippen molar-refractivity contribution in [2.45, 2.75) is 6.92 Å². The van der Waals surface area contributed by atoms with Crippen LogP contribution in [-0.4, -0.2) is 41.1 Å². The van der Waals surface area contributed by atoms with Crippen LogP contribution in [0.5, 0.6) is 0 Å². The van der Waals surface area contributed by atoms with Gasteiger partial charge in [-0.15, -0.1) is 11.3 Å². The van der Waals surface area contributed by atoms with E-state index in [1.54, 1.807) is 13.2 Å². The average Bonchev–Trinajstić information content (AvgIpc) is 2.67. The van der Waals surface area contributed by atoms with Crippen LogP contribution in [0.25, 0.3) is 10.2 Å². The van der Waals surface area contributed by atoms with E-state index in [9.17, 15) is 4.79 Å². The van der Waals surface area contributed by atoms with Gasteiger partial charge in [0.05, 0.1) is 12.3 Å². The van der Waals surface area contributed by atoms with E-state index in [4.69, 9.17) is 10.8 Å². The zero-order valence-corrected chi connectivity index (χ0v) is 11.1. The zero-order chi connectivity index (χ0) is 13.3. The van der Waals surface area contributed by atoms with Crippen LogP contribution < -0.4 is 5.73 Å². The first-order valence-electron chi connectivity index (χ1n) is 5.56. The smallest absolute Gasteiger partial charge is 0.265 e. The second-order valence-electron chi connectivity index (χ2n) is 4.10. The number of aliphatic hydroxyl groups excluding tert-OH is 1. The normalized spacial score (nSPS) is 10.8. The third-order valence-corrected chi connectivity index (χ3v) is 3.92. The molecule has 2 aromatic rings. The molecule has 0 bridgehead atoms. The summed E-state index contributed by atoms with van der Waals surface area (Å²) in [6, 6.07) is 1.87. The largest absolute Gasteiger partial charge is 0.397 e. The predicted octanol–water partition coefficient (Wildman–Crippen LogP) is 1.25. The molecule has 0 saturated heterocycles. The van der Waals surface area contributed by atoms with Gasteiger partial charge in [0.2, 0.25) is 0 Å². The lowest BCUT2D eigenvalue weighted by Gasteiger charge is -2.14. The molecule has 5 nitrogen and oxygen atoms in total. The molecule has 6 heteroatoms. The molecule has 0 atom stereocenters. The molecule has 1 amide bonds. The molecule has 0 aliphatic carbocycles. The fraction of sp³-hybridized carbons (Fsp3) is 0.333. The number of thiophene rings is 1. The van der Waals surface area contributed by atoms with E-state index in [2.05, 4.69) is 4.98 Å². The lowest BCUT2D eigenvalue weighted by Crippen LogP contribution is -2.29. The molecule has 0 aliphatic rings. The molecule has 0 saturated carbocycles. The summed E-state index contributed by atoms with van der Waals surface area (Å²) in [7, 11) is 1.64. The van der Waals surface area contributed by atoms with Gasteiger partial charge < -0.3 is 15.7 Å². The summed E-state index contributed by atoms with van der Waals surface area (Å²) in [5.41, 5.74) is 7.53. The highest BCUT2D eigenvalue weighted by Crippen LogP contribution is 2.34. The van der Waals surface area contributed by atoms with Crippen molar-refractivity contribution in [1.82, 2.24) is 9.88 Å². The summed E-state index contributed by atoms with van der Waals surface area (Å²) in [4.78, 5) is 19.1. The number of carbonyl (C=O) groups excluding carboxylic acids is 1. The summed E-state index contributed by atoms with van der Waals surface area (Å²) in [6.07, 6.45) is 1.71. The first-order valence-corrected chi connectivity index (χ1v) is 6.37. The minimum absolute atomic E-state index is 0.0652. The number of aromatic nitrogens is 1. The number of fused-ring (bicyclic) bond motifs is 1. The first kappa shape index (κ1) is 12.8. The van der Waals surface area contributed by atoms with Gasteiger partial charge in [0.25, 0.3) is 5.91 Å². The number of aliphatic hydroxyl groups is 1. The Morgan fingerprint density at radius 2 is 2.33 bits per heavy atom. The Bertz CT molecular complexity index is 594. The molecule has 96 valence electrons. The molecule has 2 rings (SSSR count). The number of hydrogen-bond donors (Lipinski definition) is 2. The summed E-state index contributed by atoms with van der Waals surface area (Å²) >= 11 is 1.29. The van der Waals surface area contributed by atoms with Crippen LogP contribution in [0.2, 0.25) is 0 Å². The van der Waals surface area contributed by atoms with Crippen LogP contribution in [0.4, 0.5) is 5.69 Å². The van der Waals surface area contributed by atoms with Crippen molar-refractivity contribution in [2.75, 3.05) is 25.9 Å². The van der Waals surface area contributed by atoms with Crippen molar-refractivity contribution in [3.05, 3.63) is 22.7 Å². The second kappa shape index (κ2) is 4.91. The number of aryl methyl sites for hydroxylation is 1. The zero-order valence-electron chi connectivity index (χ0n) is 10.3. The number of nitrogens with two attached hydrogens (primary N) is 1. The number of hydrogen-bond acceptors (Lipinski definition) is 5. The van der Waals surface area contributed by atoms with Gasteiger partial charge in [0.15, 0.2) is 0 Å². The van der Waals surface area contributed by atoms with Crippen molar-refractivity contribution in [3.63, 3.8) is 0 Å². The van der Waals surface area contributed by atoms with Gasteiger partial charge in [-0.1, -0.05) is 0 Å². The monoisotopic (exact) mass is 265 g/mol. The minimum atomic E-state index is -0.177. The number of amides is 1. The summed E-state index contributed by atoms with van der Waals surface area (Å²) in [5.74, 6) is -0.177. The van der Waals surface area contributed by atoms with Crippen LogP contribution in [0, 0.1) is 6.92 Å². The number of carbonyl (C=O) groups is 1. The highest BCUT2D eigenvalue weighted by atomic mass is 32.1. The first-order chi connectivity index (χ1) is 8.56. The van der Waals surface area contributed by atoms with Crippen molar-refractivity contribution < 1.29 is 9.90 Å². The average molecular weight is 265 g/mol. The molecule has 0 spiro atoms. The van der Waals surface area contributed by atoms with Gasteiger partial charge >= 0.3 is 0 Å². The standard InChI is InChI=1S/C12H15N3O2S/c1-7-3-4-14-11-8(7)9(13)10(18-11)12(17)15(2)5-6-16/h3-4,16H,5-6,13H2,1-2H3. The van der Waals surface area contributed by atoms with E-state index in [-0.39, 0.29) is 12.5 Å². The van der Waals surface area contributed by atoms with Gasteiger partial charge in [-0.2, -0.15) is 0 Å². The Morgan fingerprint density at radius 3 is 2.94 bits per heavy atom. The molecule has 0 aliphatic heterocycles. The van der Waals surface area contributed by atoms with Gasteiger partial charge in [-0.25, -0.2) is 4.98 Å². The van der Waals surface area contributed by atoms with Crippen LogP contribution in [0.1, 0.15) is 15.2 Å². The van der Waals surface area contributed by atoms with E-state index in [0.717, 1.165) is 15.8 Å². The fourth-order valence-electron chi connectivity index (χ4n) is 1.79. The molecule has 0 unspecified atom stereocenters. The Morgan fingerprint density at radius 1 is 1.61 bits per heavy atom. The Labute approximate surface area is 109 Å². The van der Waals surface area contributed by atoms with Crippen LogP contribution in [0.3, 0.4) is 0 Å². The van der Waals surface area contributed by atoms with Crippen molar-refractivity contribution in [2.24, 2.45) is 0 Å². The van der Waals surface area contributed by atoms with Crippen LogP contribution >= 0.6 is 11.3 Å². The van der Waals surface area contributed by atoms with E-state index in [1.165, 1.54) is 16.2 Å². The molecule has 0 fully saturated rings. The summed E-state index contributed by atoms with van der Waals surface area (Å²) in [5, 5.41) is 9.70. The lowest BCUT2D eigenvalue weighted by molar-refractivity contribution is 0.0772. The number of anilines is 1. The number of nitrogens with zero attached hydrogens (tertiary/aromatic N) is 2. The fourth-order valence-corrected chi connectivity index (χ4v) is 2.92. The quantitative estimate of drug-likeness (QED) is 0.875. The third-order valence-electron chi connectivity index (χ3n) is 2.81. The predicted molar refractivity (Wildman–Crippen MR) is 72.8 cm³/mol. The highest BCUT2D eigenvalue weighted by molar-refractivity contribution is 7.21. The number of likely N-dealkylation sites (N-methyl/N-ethyl adjacent to an activating group) is 1. The van der Waals surface area contributed by atoms with Crippen LogP contribution in [-0.2, 0) is 0 Å². The second-order valence-corrected chi connectivity index (χ2v) is 5.10. The maximum absolute atomic E-state index is 12.2. The van der Waals surface area contributed by atoms with Gasteiger partial charge in [-0.3, -0.25) is 4.79 Å². The van der Waals surface area contributed by atoms with E-state index < -0.39 is 0 Å². The molecule has 0 aromatic carbocycles. The SMILES string of the molecule is Cc1ccnc2sc(C(=O)N(C)CCO)c(N)c12. The molecule has 18 heavy (non-hydrogen) atoms. The van der Waals surface area contributed by atoms with E-state index >= 15 is 0 Å². The third kappa shape index (κ3) is 2.04. The molecule has 2 aromatic heterocycles. The van der Waals surface area contributed by atoms with Crippen molar-refractivity contribution >= 4 is 33.1 Å². The molecular formula is C12H15N3O2S. The Hall–Kier alpha value is -1.66. The molecular weight excluding hydrogens is 250 g/mol. The van der Waals surface area contributed by atoms with Gasteiger partial charge in [0.1, 0.15) is 9.71 Å². The molecule has 0 radical (unpaired) electrons. The number of nitrogen functional groups attached to an aromatic ring is 1. The Kier molecular flexibility index (Phi) is 3.49. The van der Waals surface area contributed by atoms with Crippen molar-refractivity contribution in [1.29, 1.82) is 0 Å². The maximum Gasteiger partial charge on any atom is 0.265 e. The minimum Gasteiger partial charge on any atom is -0.397 e. The van der Waals surface area contributed by atoms with Crippen LogP contribution in [0.15, 0.2) is 12.3 Å². The van der Waals surface area contributed by atoms with Gasteiger partial charge in [0, 0.05) is 25.2 Å². The maximum atomic E-state index is 12.2. The topological polar surface area (TPSA) is 79.5 Å². The molecule has 3 N–H and O–H groups in total. The summed E-state index contributed by atoms with van der Waals surface area (Å²) in [6.45, 7) is 2.17. The van der Waals surface area contributed by atoms with E-state index in [0.29, 0.717) is 17.1 Å². The number of pyridine rings is 1. The number of rotatable bonds is 3. The lowest BCUT2D eigenvalue weighted by atomic mass is 10.1. The Balaban J connectivity index is 2.49. The highest BCUT2D eigenvalue weighted by Gasteiger charge is 2.20. The summed E-state index contributed by atoms with van der Waals surface area (Å²) < 4.78 is 0.